The molecular weight excluding hydrogens is 182 g/mol. The average molecular weight is 188 g/mol. The second-order valence-electron chi connectivity index (χ2n) is 1.85. The van der Waals surface area contributed by atoms with Crippen LogP contribution in [0.3, 0.4) is 0 Å². The van der Waals surface area contributed by atoms with Crippen LogP contribution in [0.25, 0.3) is 0 Å². The van der Waals surface area contributed by atoms with Crippen LogP contribution in [0, 0.1) is 0 Å². The second kappa shape index (κ2) is 3.74. The summed E-state index contributed by atoms with van der Waals surface area (Å²) in [4.78, 5) is 15.0. The van der Waals surface area contributed by atoms with Gasteiger partial charge in [0.05, 0.1) is 0 Å². The lowest BCUT2D eigenvalue weighted by Crippen LogP contribution is -1.87. The van der Waals surface area contributed by atoms with Crippen molar-refractivity contribution in [1.29, 1.82) is 0 Å². The van der Waals surface area contributed by atoms with Crippen LogP contribution in [0.4, 0.5) is 0 Å². The van der Waals surface area contributed by atoms with Crippen molar-refractivity contribution in [2.24, 2.45) is 0 Å². The molecule has 0 bridgehead atoms. The summed E-state index contributed by atoms with van der Waals surface area (Å²) in [6.07, 6.45) is 2.58. The van der Waals surface area contributed by atoms with Crippen LogP contribution in [0.2, 0.25) is 5.15 Å². The first-order valence-corrected chi connectivity index (χ1v) is 4.54. The SMILES string of the molecule is CSc1ccc(C=O)nc1Cl. The second-order valence-corrected chi connectivity index (χ2v) is 3.05. The number of aromatic nitrogens is 1. The minimum atomic E-state index is 0.368. The third kappa shape index (κ3) is 1.94. The number of rotatable bonds is 2. The minimum absolute atomic E-state index is 0.368. The number of carbonyl (C=O) groups is 1. The van der Waals surface area contributed by atoms with Crippen molar-refractivity contribution in [3.63, 3.8) is 0 Å². The maximum Gasteiger partial charge on any atom is 0.168 e. The van der Waals surface area contributed by atoms with Crippen LogP contribution < -0.4 is 0 Å². The molecule has 58 valence electrons. The molecule has 11 heavy (non-hydrogen) atoms. The number of carbonyl (C=O) groups excluding carboxylic acids is 1. The van der Waals surface area contributed by atoms with E-state index in [0.717, 1.165) is 4.90 Å². The van der Waals surface area contributed by atoms with Gasteiger partial charge in [-0.25, -0.2) is 4.98 Å². The predicted octanol–water partition coefficient (Wildman–Crippen LogP) is 2.27. The first-order chi connectivity index (χ1) is 5.27. The van der Waals surface area contributed by atoms with E-state index in [4.69, 9.17) is 11.6 Å². The van der Waals surface area contributed by atoms with E-state index in [1.807, 2.05) is 6.26 Å². The van der Waals surface area contributed by atoms with Crippen LogP contribution in [0.15, 0.2) is 17.0 Å². The molecule has 1 aromatic rings. The van der Waals surface area contributed by atoms with E-state index in [2.05, 4.69) is 4.98 Å². The predicted molar refractivity (Wildman–Crippen MR) is 46.4 cm³/mol. The van der Waals surface area contributed by atoms with Gasteiger partial charge in [0.25, 0.3) is 0 Å². The summed E-state index contributed by atoms with van der Waals surface area (Å²) in [5, 5.41) is 0.391. The third-order valence-corrected chi connectivity index (χ3v) is 2.35. The quantitative estimate of drug-likeness (QED) is 0.404. The number of hydrogen-bond donors (Lipinski definition) is 0. The number of nitrogens with zero attached hydrogens (tertiary/aromatic N) is 1. The Bertz CT molecular complexity index is 277. The van der Waals surface area contributed by atoms with Gasteiger partial charge in [0.15, 0.2) is 6.29 Å². The molecule has 2 nitrogen and oxygen atoms in total. The Morgan fingerprint density at radius 1 is 1.64 bits per heavy atom. The number of thioether (sulfide) groups is 1. The number of aldehydes is 1. The highest BCUT2D eigenvalue weighted by Gasteiger charge is 2.00. The summed E-state index contributed by atoms with van der Waals surface area (Å²) >= 11 is 7.22. The van der Waals surface area contributed by atoms with E-state index >= 15 is 0 Å². The Balaban J connectivity index is 3.09. The molecule has 1 heterocycles. The van der Waals surface area contributed by atoms with Gasteiger partial charge in [0, 0.05) is 4.90 Å². The Morgan fingerprint density at radius 2 is 2.36 bits per heavy atom. The summed E-state index contributed by atoms with van der Waals surface area (Å²) in [6, 6.07) is 3.43. The molecule has 0 saturated heterocycles. The van der Waals surface area contributed by atoms with E-state index < -0.39 is 0 Å². The molecule has 0 saturated carbocycles. The Hall–Kier alpha value is -0.540. The summed E-state index contributed by atoms with van der Waals surface area (Å²) in [5.41, 5.74) is 0.368. The maximum atomic E-state index is 10.2. The summed E-state index contributed by atoms with van der Waals surface area (Å²) in [7, 11) is 0. The highest BCUT2D eigenvalue weighted by atomic mass is 35.5. The molecule has 0 aliphatic rings. The number of pyridine rings is 1. The molecule has 0 aliphatic heterocycles. The van der Waals surface area contributed by atoms with Gasteiger partial charge in [-0.15, -0.1) is 11.8 Å². The molecule has 1 aromatic heterocycles. The third-order valence-electron chi connectivity index (χ3n) is 1.18. The molecule has 0 atom stereocenters. The first kappa shape index (κ1) is 8.56. The highest BCUT2D eigenvalue weighted by Crippen LogP contribution is 2.22. The molecule has 0 aromatic carbocycles. The molecule has 1 rings (SSSR count). The molecule has 0 N–H and O–H groups in total. The summed E-state index contributed by atoms with van der Waals surface area (Å²) in [6.45, 7) is 0. The average Bonchev–Trinajstić information content (AvgIpc) is 2.04. The van der Waals surface area contributed by atoms with Gasteiger partial charge in [-0.05, 0) is 18.4 Å². The van der Waals surface area contributed by atoms with E-state index in [9.17, 15) is 4.79 Å². The van der Waals surface area contributed by atoms with Crippen molar-refractivity contribution in [1.82, 2.24) is 4.98 Å². The molecular formula is C7H6ClNOS. The van der Waals surface area contributed by atoms with Crippen LogP contribution in [-0.4, -0.2) is 17.5 Å². The Kier molecular flexibility index (Phi) is 2.91. The number of halogens is 1. The first-order valence-electron chi connectivity index (χ1n) is 2.93. The van der Waals surface area contributed by atoms with Crippen molar-refractivity contribution in [3.05, 3.63) is 23.0 Å². The summed E-state index contributed by atoms with van der Waals surface area (Å²) in [5.74, 6) is 0. The fourth-order valence-electron chi connectivity index (χ4n) is 0.653. The Morgan fingerprint density at radius 3 is 2.82 bits per heavy atom. The van der Waals surface area contributed by atoms with Gasteiger partial charge in [0.2, 0.25) is 0 Å². The smallest absolute Gasteiger partial charge is 0.168 e. The van der Waals surface area contributed by atoms with E-state index in [1.54, 1.807) is 12.1 Å². The molecule has 0 aliphatic carbocycles. The van der Waals surface area contributed by atoms with Crippen molar-refractivity contribution >= 4 is 29.6 Å². The highest BCUT2D eigenvalue weighted by molar-refractivity contribution is 7.98. The zero-order chi connectivity index (χ0) is 8.27. The van der Waals surface area contributed by atoms with Gasteiger partial charge in [-0.1, -0.05) is 11.6 Å². The lowest BCUT2D eigenvalue weighted by atomic mass is 10.4. The number of hydrogen-bond acceptors (Lipinski definition) is 3. The van der Waals surface area contributed by atoms with Crippen molar-refractivity contribution in [2.75, 3.05) is 6.26 Å². The standard InChI is InChI=1S/C7H6ClNOS/c1-11-6-3-2-5(4-10)9-7(6)8/h2-4H,1H3. The molecule has 4 heteroatoms. The molecule has 0 unspecified atom stereocenters. The van der Waals surface area contributed by atoms with Crippen molar-refractivity contribution in [3.8, 4) is 0 Å². The Labute approximate surface area is 74.0 Å². The van der Waals surface area contributed by atoms with Crippen LogP contribution in [0.1, 0.15) is 10.5 Å². The van der Waals surface area contributed by atoms with Gasteiger partial charge in [-0.2, -0.15) is 0 Å². The lowest BCUT2D eigenvalue weighted by Gasteiger charge is -1.97. The molecule has 0 radical (unpaired) electrons. The van der Waals surface area contributed by atoms with E-state index in [0.29, 0.717) is 17.1 Å². The van der Waals surface area contributed by atoms with E-state index in [1.165, 1.54) is 11.8 Å². The fraction of sp³-hybridized carbons (Fsp3) is 0.143. The maximum absolute atomic E-state index is 10.2. The minimum Gasteiger partial charge on any atom is -0.296 e. The van der Waals surface area contributed by atoms with E-state index in [-0.39, 0.29) is 0 Å². The van der Waals surface area contributed by atoms with Gasteiger partial charge >= 0.3 is 0 Å². The molecule has 0 spiro atoms. The van der Waals surface area contributed by atoms with Crippen LogP contribution >= 0.6 is 23.4 Å². The topological polar surface area (TPSA) is 30.0 Å². The summed E-state index contributed by atoms with van der Waals surface area (Å²) < 4.78 is 0. The van der Waals surface area contributed by atoms with Crippen LogP contribution in [-0.2, 0) is 0 Å². The fourth-order valence-corrected chi connectivity index (χ4v) is 1.46. The lowest BCUT2D eigenvalue weighted by molar-refractivity contribution is 0.111. The van der Waals surface area contributed by atoms with Crippen LogP contribution in [0.5, 0.6) is 0 Å². The largest absolute Gasteiger partial charge is 0.296 e. The monoisotopic (exact) mass is 187 g/mol. The van der Waals surface area contributed by atoms with Gasteiger partial charge < -0.3 is 0 Å². The van der Waals surface area contributed by atoms with Crippen molar-refractivity contribution in [2.45, 2.75) is 4.90 Å². The molecule has 0 amide bonds. The zero-order valence-corrected chi connectivity index (χ0v) is 7.45. The van der Waals surface area contributed by atoms with Gasteiger partial charge in [-0.3, -0.25) is 4.79 Å². The zero-order valence-electron chi connectivity index (χ0n) is 5.87. The normalized spacial score (nSPS) is 9.64. The molecule has 0 fully saturated rings. The van der Waals surface area contributed by atoms with Gasteiger partial charge in [0.1, 0.15) is 10.8 Å². The van der Waals surface area contributed by atoms with Crippen molar-refractivity contribution < 1.29 is 4.79 Å².